The topological polar surface area (TPSA) is 138 Å². The van der Waals surface area contributed by atoms with Gasteiger partial charge in [-0.1, -0.05) is 67.9 Å². The summed E-state index contributed by atoms with van der Waals surface area (Å²) >= 11 is 0. The first-order valence-corrected chi connectivity index (χ1v) is 15.1. The fourth-order valence-electron chi connectivity index (χ4n) is 4.67. The van der Waals surface area contributed by atoms with Gasteiger partial charge in [0, 0.05) is 6.42 Å². The molecule has 0 heterocycles. The van der Waals surface area contributed by atoms with Gasteiger partial charge in [0.2, 0.25) is 11.8 Å². The molecule has 0 saturated carbocycles. The minimum atomic E-state index is -1.31. The van der Waals surface area contributed by atoms with Crippen LogP contribution in [0.4, 0.5) is 4.79 Å². The summed E-state index contributed by atoms with van der Waals surface area (Å²) < 4.78 is 11.1. The van der Waals surface area contributed by atoms with Crippen molar-refractivity contribution in [2.24, 2.45) is 5.92 Å². The van der Waals surface area contributed by atoms with Crippen LogP contribution in [0.2, 0.25) is 0 Å². The summed E-state index contributed by atoms with van der Waals surface area (Å²) in [6, 6.07) is 13.2. The average molecular weight is 621 g/mol. The predicted molar refractivity (Wildman–Crippen MR) is 172 cm³/mol. The highest BCUT2D eigenvalue weighted by atomic mass is 16.6. The van der Waals surface area contributed by atoms with Crippen LogP contribution in [-0.2, 0) is 30.3 Å². The number of rotatable bonds is 11. The number of benzene rings is 2. The zero-order valence-electron chi connectivity index (χ0n) is 28.2. The van der Waals surface area contributed by atoms with E-state index in [0.717, 1.165) is 16.0 Å². The molecule has 3 atom stereocenters. The van der Waals surface area contributed by atoms with Crippen molar-refractivity contribution in [3.05, 3.63) is 70.8 Å². The molecule has 45 heavy (non-hydrogen) atoms. The van der Waals surface area contributed by atoms with Crippen molar-refractivity contribution >= 4 is 23.9 Å². The molecule has 2 rings (SSSR count). The Morgan fingerprint density at radius 3 is 2.02 bits per heavy atom. The number of nitrogens with zero attached hydrogens (tertiary/aromatic N) is 2. The van der Waals surface area contributed by atoms with Crippen molar-refractivity contribution in [3.8, 4) is 6.07 Å². The van der Waals surface area contributed by atoms with Gasteiger partial charge in [0.25, 0.3) is 0 Å². The molecule has 0 fully saturated rings. The van der Waals surface area contributed by atoms with Crippen LogP contribution in [0.25, 0.3) is 0 Å². The molecule has 2 N–H and O–H groups in total. The normalized spacial score (nSPS) is 13.6. The smallest absolute Gasteiger partial charge is 0.408 e. The second-order valence-electron chi connectivity index (χ2n) is 13.5. The Balaban J connectivity index is 2.63. The van der Waals surface area contributed by atoms with E-state index in [0.29, 0.717) is 11.1 Å². The molecule has 0 aromatic heterocycles. The van der Waals surface area contributed by atoms with Crippen molar-refractivity contribution in [2.45, 2.75) is 105 Å². The highest BCUT2D eigenvalue weighted by Crippen LogP contribution is 2.28. The molecule has 0 aliphatic rings. The van der Waals surface area contributed by atoms with E-state index in [4.69, 9.17) is 9.47 Å². The fraction of sp³-hybridized carbons (Fsp3) is 0.514. The first-order valence-electron chi connectivity index (χ1n) is 15.1. The molecule has 0 saturated heterocycles. The lowest BCUT2D eigenvalue weighted by atomic mass is 9.94. The number of nitriles is 1. The van der Waals surface area contributed by atoms with E-state index < -0.39 is 65.7 Å². The van der Waals surface area contributed by atoms with Crippen molar-refractivity contribution < 1.29 is 28.7 Å². The van der Waals surface area contributed by atoms with Gasteiger partial charge in [-0.15, -0.1) is 0 Å². The maximum Gasteiger partial charge on any atom is 0.408 e. The molecule has 2 aromatic rings. The minimum Gasteiger partial charge on any atom is -0.458 e. The van der Waals surface area contributed by atoms with E-state index in [9.17, 15) is 24.4 Å². The monoisotopic (exact) mass is 620 g/mol. The highest BCUT2D eigenvalue weighted by molar-refractivity contribution is 5.94. The van der Waals surface area contributed by atoms with Crippen molar-refractivity contribution in [1.82, 2.24) is 15.5 Å². The number of hydrogen-bond acceptors (Lipinski definition) is 7. The van der Waals surface area contributed by atoms with E-state index in [1.165, 1.54) is 0 Å². The van der Waals surface area contributed by atoms with Gasteiger partial charge in [0.05, 0.1) is 6.07 Å². The van der Waals surface area contributed by atoms with Crippen molar-refractivity contribution in [2.75, 3.05) is 6.54 Å². The van der Waals surface area contributed by atoms with Gasteiger partial charge in [0.1, 0.15) is 35.9 Å². The molecule has 3 unspecified atom stereocenters. The second kappa shape index (κ2) is 15.6. The quantitative estimate of drug-likeness (QED) is 0.256. The lowest BCUT2D eigenvalue weighted by Crippen LogP contribution is -2.56. The van der Waals surface area contributed by atoms with E-state index in [1.54, 1.807) is 68.4 Å². The highest BCUT2D eigenvalue weighted by Gasteiger charge is 2.39. The zero-order chi connectivity index (χ0) is 34.1. The van der Waals surface area contributed by atoms with E-state index in [2.05, 4.69) is 10.6 Å². The molecule has 0 radical (unpaired) electrons. The van der Waals surface area contributed by atoms with E-state index in [-0.39, 0.29) is 6.42 Å². The van der Waals surface area contributed by atoms with E-state index in [1.807, 2.05) is 55.5 Å². The van der Waals surface area contributed by atoms with Gasteiger partial charge in [0.15, 0.2) is 0 Å². The molecule has 10 heteroatoms. The third kappa shape index (κ3) is 11.6. The summed E-state index contributed by atoms with van der Waals surface area (Å²) in [6.07, 6.45) is -0.658. The molecule has 0 aliphatic heterocycles. The molecule has 244 valence electrons. The Morgan fingerprint density at radius 1 is 0.889 bits per heavy atom. The maximum absolute atomic E-state index is 14.4. The number of amides is 3. The van der Waals surface area contributed by atoms with Gasteiger partial charge in [-0.25, -0.2) is 9.59 Å². The minimum absolute atomic E-state index is 0.141. The first-order chi connectivity index (χ1) is 20.8. The Bertz CT molecular complexity index is 1390. The second-order valence-corrected chi connectivity index (χ2v) is 13.5. The number of ether oxygens (including phenoxy) is 2. The van der Waals surface area contributed by atoms with Crippen LogP contribution in [0.15, 0.2) is 48.5 Å². The molecule has 3 amide bonds. The first kappa shape index (κ1) is 36.8. The van der Waals surface area contributed by atoms with Gasteiger partial charge >= 0.3 is 12.1 Å². The lowest BCUT2D eigenvalue weighted by Gasteiger charge is -2.35. The third-order valence-corrected chi connectivity index (χ3v) is 6.71. The summed E-state index contributed by atoms with van der Waals surface area (Å²) in [5.41, 5.74) is 1.19. The molecular formula is C35H48N4O6. The molecule has 0 bridgehead atoms. The van der Waals surface area contributed by atoms with Gasteiger partial charge in [-0.3, -0.25) is 9.59 Å². The lowest BCUT2D eigenvalue weighted by molar-refractivity contribution is -0.159. The predicted octanol–water partition coefficient (Wildman–Crippen LogP) is 5.32. The number of hydrogen-bond donors (Lipinski definition) is 2. The van der Waals surface area contributed by atoms with Gasteiger partial charge in [-0.05, 0) is 78.0 Å². The number of aryl methyl sites for hydroxylation is 2. The Hall–Kier alpha value is -4.39. The van der Waals surface area contributed by atoms with Crippen molar-refractivity contribution in [1.29, 1.82) is 5.26 Å². The van der Waals surface area contributed by atoms with Crippen LogP contribution in [-0.4, -0.2) is 58.6 Å². The van der Waals surface area contributed by atoms with Crippen LogP contribution in [0.5, 0.6) is 0 Å². The number of alkyl carbamates (subject to hydrolysis) is 1. The number of nitrogens with one attached hydrogen (secondary N) is 2. The molecule has 0 aliphatic carbocycles. The molecule has 0 spiro atoms. The Kier molecular flexibility index (Phi) is 12.7. The van der Waals surface area contributed by atoms with E-state index >= 15 is 0 Å². The van der Waals surface area contributed by atoms with Crippen LogP contribution >= 0.6 is 0 Å². The average Bonchev–Trinajstić information content (AvgIpc) is 2.91. The summed E-state index contributed by atoms with van der Waals surface area (Å²) in [6.45, 7) is 17.0. The molecule has 2 aromatic carbocycles. The molecule has 10 nitrogen and oxygen atoms in total. The number of carbonyl (C=O) groups excluding carboxylic acids is 4. The van der Waals surface area contributed by atoms with Crippen LogP contribution in [0.1, 0.15) is 83.7 Å². The largest absolute Gasteiger partial charge is 0.458 e. The summed E-state index contributed by atoms with van der Waals surface area (Å²) in [4.78, 5) is 55.9. The van der Waals surface area contributed by atoms with Crippen LogP contribution in [0, 0.1) is 31.1 Å². The van der Waals surface area contributed by atoms with Crippen LogP contribution in [0.3, 0.4) is 0 Å². The van der Waals surface area contributed by atoms with Gasteiger partial charge < -0.3 is 25.0 Å². The maximum atomic E-state index is 14.4. The fourth-order valence-corrected chi connectivity index (χ4v) is 4.67. The zero-order valence-corrected chi connectivity index (χ0v) is 28.2. The number of esters is 1. The molecular weight excluding hydrogens is 572 g/mol. The van der Waals surface area contributed by atoms with Gasteiger partial charge in [-0.2, -0.15) is 5.26 Å². The SMILES string of the molecule is Cc1ccc(C)c(C(C(=O)NC(Cc2ccccc2)C(=O)OC(C)(C)C)N(CC#N)C(=O)C(NC(=O)OC(C)(C)C)C(C)C)c1. The van der Waals surface area contributed by atoms with Crippen molar-refractivity contribution in [3.63, 3.8) is 0 Å². The standard InChI is InChI=1S/C35H48N4O6/c1-22(2)28(38-33(43)45-35(8,9)10)31(41)39(19-18-36)29(26-20-23(3)16-17-24(26)4)30(40)37-27(32(42)44-34(5,6)7)21-25-14-12-11-13-15-25/h11-17,20,22,27-29H,19,21H2,1-10H3,(H,37,40)(H,38,43). The Labute approximate surface area is 267 Å². The summed E-state index contributed by atoms with van der Waals surface area (Å²) in [7, 11) is 0. The summed E-state index contributed by atoms with van der Waals surface area (Å²) in [5, 5.41) is 15.3. The number of carbonyl (C=O) groups is 4. The van der Waals surface area contributed by atoms with Crippen LogP contribution < -0.4 is 10.6 Å². The Morgan fingerprint density at radius 2 is 1.49 bits per heavy atom. The third-order valence-electron chi connectivity index (χ3n) is 6.71. The summed E-state index contributed by atoms with van der Waals surface area (Å²) in [5.74, 6) is -2.36.